The molecule has 4 nitrogen and oxygen atoms in total. The SMILES string of the molecule is O=C(NCc1ccc(C(F)(F)F)cc1)[C@@H]1NCCOc2ccccc21. The number of alkyl halides is 3. The standard InChI is InChI=1S/C18H17F3N2O2/c19-18(20,21)13-7-5-12(6-8-13)11-23-17(24)16-14-3-1-2-4-15(14)25-10-9-22-16/h1-8,16,22H,9-11H2,(H,23,24)/t16-/m1/s1. The summed E-state index contributed by atoms with van der Waals surface area (Å²) >= 11 is 0. The van der Waals surface area contributed by atoms with E-state index in [2.05, 4.69) is 10.6 Å². The molecule has 0 saturated heterocycles. The molecule has 0 aromatic heterocycles. The fraction of sp³-hybridized carbons (Fsp3) is 0.278. The van der Waals surface area contributed by atoms with Crippen molar-refractivity contribution >= 4 is 5.91 Å². The predicted molar refractivity (Wildman–Crippen MR) is 86.0 cm³/mol. The summed E-state index contributed by atoms with van der Waals surface area (Å²) in [5, 5.41) is 5.87. The molecule has 0 fully saturated rings. The highest BCUT2D eigenvalue weighted by molar-refractivity contribution is 5.84. The van der Waals surface area contributed by atoms with Crippen LogP contribution in [0.15, 0.2) is 48.5 Å². The number of carbonyl (C=O) groups is 1. The molecule has 0 saturated carbocycles. The molecule has 2 aromatic carbocycles. The number of carbonyl (C=O) groups excluding carboxylic acids is 1. The van der Waals surface area contributed by atoms with Crippen LogP contribution in [-0.2, 0) is 17.5 Å². The van der Waals surface area contributed by atoms with E-state index in [9.17, 15) is 18.0 Å². The van der Waals surface area contributed by atoms with Crippen molar-refractivity contribution in [2.24, 2.45) is 0 Å². The molecule has 132 valence electrons. The Morgan fingerprint density at radius 3 is 2.60 bits per heavy atom. The second kappa shape index (κ2) is 7.14. The normalized spacial score (nSPS) is 17.2. The number of nitrogens with one attached hydrogen (secondary N) is 2. The second-order valence-corrected chi connectivity index (χ2v) is 5.69. The van der Waals surface area contributed by atoms with Crippen LogP contribution < -0.4 is 15.4 Å². The van der Waals surface area contributed by atoms with Gasteiger partial charge in [0.1, 0.15) is 18.4 Å². The molecule has 25 heavy (non-hydrogen) atoms. The monoisotopic (exact) mass is 350 g/mol. The summed E-state index contributed by atoms with van der Waals surface area (Å²) in [6.07, 6.45) is -4.37. The molecule has 1 heterocycles. The highest BCUT2D eigenvalue weighted by atomic mass is 19.4. The van der Waals surface area contributed by atoms with Crippen LogP contribution in [0.4, 0.5) is 13.2 Å². The van der Waals surface area contributed by atoms with Crippen molar-refractivity contribution in [2.45, 2.75) is 18.8 Å². The third kappa shape index (κ3) is 4.11. The molecule has 0 spiro atoms. The molecule has 1 aliphatic rings. The molecule has 0 unspecified atom stereocenters. The third-order valence-electron chi connectivity index (χ3n) is 3.95. The van der Waals surface area contributed by atoms with E-state index in [1.165, 1.54) is 12.1 Å². The maximum absolute atomic E-state index is 12.6. The van der Waals surface area contributed by atoms with Crippen LogP contribution in [0.2, 0.25) is 0 Å². The Morgan fingerprint density at radius 1 is 1.16 bits per heavy atom. The molecule has 1 aliphatic heterocycles. The summed E-state index contributed by atoms with van der Waals surface area (Å²) in [6.45, 7) is 1.13. The topological polar surface area (TPSA) is 50.4 Å². The molecule has 0 bridgehead atoms. The van der Waals surface area contributed by atoms with Crippen molar-refractivity contribution < 1.29 is 22.7 Å². The first kappa shape index (κ1) is 17.3. The number of hydrogen-bond acceptors (Lipinski definition) is 3. The Labute approximate surface area is 143 Å². The number of amides is 1. The Balaban J connectivity index is 1.67. The first-order valence-corrected chi connectivity index (χ1v) is 7.84. The fourth-order valence-corrected chi connectivity index (χ4v) is 2.66. The Bertz CT molecular complexity index is 745. The first-order valence-electron chi connectivity index (χ1n) is 7.84. The van der Waals surface area contributed by atoms with E-state index < -0.39 is 17.8 Å². The van der Waals surface area contributed by atoms with E-state index in [1.807, 2.05) is 18.2 Å². The maximum atomic E-state index is 12.6. The molecule has 0 radical (unpaired) electrons. The first-order chi connectivity index (χ1) is 11.9. The summed E-state index contributed by atoms with van der Waals surface area (Å²) in [5.74, 6) is 0.403. The zero-order chi connectivity index (χ0) is 17.9. The lowest BCUT2D eigenvalue weighted by atomic mass is 10.0. The predicted octanol–water partition coefficient (Wildman–Crippen LogP) is 3.04. The lowest BCUT2D eigenvalue weighted by molar-refractivity contribution is -0.137. The van der Waals surface area contributed by atoms with E-state index >= 15 is 0 Å². The summed E-state index contributed by atoms with van der Waals surface area (Å²) < 4.78 is 43.3. The third-order valence-corrected chi connectivity index (χ3v) is 3.95. The molecular formula is C18H17F3N2O2. The molecule has 2 N–H and O–H groups in total. The van der Waals surface area contributed by atoms with Gasteiger partial charge >= 0.3 is 6.18 Å². The number of rotatable bonds is 3. The number of halogens is 3. The van der Waals surface area contributed by atoms with Gasteiger partial charge in [0, 0.05) is 18.7 Å². The van der Waals surface area contributed by atoms with Crippen molar-refractivity contribution in [1.29, 1.82) is 0 Å². The zero-order valence-corrected chi connectivity index (χ0v) is 13.3. The van der Waals surface area contributed by atoms with Gasteiger partial charge in [-0.25, -0.2) is 0 Å². The smallest absolute Gasteiger partial charge is 0.416 e. The van der Waals surface area contributed by atoms with Gasteiger partial charge in [-0.15, -0.1) is 0 Å². The van der Waals surface area contributed by atoms with Crippen molar-refractivity contribution in [1.82, 2.24) is 10.6 Å². The van der Waals surface area contributed by atoms with Crippen molar-refractivity contribution in [3.63, 3.8) is 0 Å². The van der Waals surface area contributed by atoms with Crippen LogP contribution >= 0.6 is 0 Å². The summed E-state index contributed by atoms with van der Waals surface area (Å²) in [6, 6.07) is 11.5. The fourth-order valence-electron chi connectivity index (χ4n) is 2.66. The molecule has 7 heteroatoms. The lowest BCUT2D eigenvalue weighted by Gasteiger charge is -2.17. The largest absolute Gasteiger partial charge is 0.492 e. The molecule has 3 rings (SSSR count). The van der Waals surface area contributed by atoms with Gasteiger partial charge in [0.25, 0.3) is 0 Å². The molecule has 0 aliphatic carbocycles. The van der Waals surface area contributed by atoms with Crippen LogP contribution in [0.25, 0.3) is 0 Å². The molecule has 2 aromatic rings. The van der Waals surface area contributed by atoms with Crippen LogP contribution in [0.5, 0.6) is 5.75 Å². The Hall–Kier alpha value is -2.54. The Morgan fingerprint density at radius 2 is 1.88 bits per heavy atom. The lowest BCUT2D eigenvalue weighted by Crippen LogP contribution is -2.37. The van der Waals surface area contributed by atoms with E-state index in [1.54, 1.807) is 6.07 Å². The van der Waals surface area contributed by atoms with Gasteiger partial charge in [-0.05, 0) is 23.8 Å². The van der Waals surface area contributed by atoms with Crippen LogP contribution in [0, 0.1) is 0 Å². The maximum Gasteiger partial charge on any atom is 0.416 e. The number of ether oxygens (including phenoxy) is 1. The van der Waals surface area contributed by atoms with Gasteiger partial charge < -0.3 is 10.1 Å². The summed E-state index contributed by atoms with van der Waals surface area (Å²) in [7, 11) is 0. The number of benzene rings is 2. The quantitative estimate of drug-likeness (QED) is 0.895. The highest BCUT2D eigenvalue weighted by Crippen LogP contribution is 2.29. The molecule has 1 atom stereocenters. The van der Waals surface area contributed by atoms with Gasteiger partial charge in [0.05, 0.1) is 5.56 Å². The molecular weight excluding hydrogens is 333 g/mol. The Kier molecular flexibility index (Phi) is 4.94. The minimum Gasteiger partial charge on any atom is -0.492 e. The van der Waals surface area contributed by atoms with Gasteiger partial charge in [0.2, 0.25) is 5.91 Å². The minimum atomic E-state index is -4.37. The minimum absolute atomic E-state index is 0.151. The van der Waals surface area contributed by atoms with E-state index in [4.69, 9.17) is 4.74 Å². The van der Waals surface area contributed by atoms with E-state index in [-0.39, 0.29) is 12.5 Å². The van der Waals surface area contributed by atoms with Gasteiger partial charge in [-0.2, -0.15) is 13.2 Å². The number of para-hydroxylation sites is 1. The average Bonchev–Trinajstić information content (AvgIpc) is 2.82. The van der Waals surface area contributed by atoms with Crippen molar-refractivity contribution in [2.75, 3.05) is 13.2 Å². The van der Waals surface area contributed by atoms with Crippen molar-refractivity contribution in [3.8, 4) is 5.75 Å². The van der Waals surface area contributed by atoms with Crippen molar-refractivity contribution in [3.05, 3.63) is 65.2 Å². The zero-order valence-electron chi connectivity index (χ0n) is 13.3. The van der Waals surface area contributed by atoms with E-state index in [0.29, 0.717) is 24.5 Å². The van der Waals surface area contributed by atoms with Crippen LogP contribution in [-0.4, -0.2) is 19.1 Å². The van der Waals surface area contributed by atoms with Gasteiger partial charge in [-0.1, -0.05) is 30.3 Å². The van der Waals surface area contributed by atoms with E-state index in [0.717, 1.165) is 17.7 Å². The van der Waals surface area contributed by atoms with Gasteiger partial charge in [-0.3, -0.25) is 10.1 Å². The average molecular weight is 350 g/mol. The summed E-state index contributed by atoms with van der Waals surface area (Å²) in [5.41, 5.74) is 0.628. The number of hydrogen-bond donors (Lipinski definition) is 2. The summed E-state index contributed by atoms with van der Waals surface area (Å²) in [4.78, 5) is 12.5. The molecule has 1 amide bonds. The second-order valence-electron chi connectivity index (χ2n) is 5.69. The van der Waals surface area contributed by atoms with Crippen LogP contribution in [0.3, 0.4) is 0 Å². The van der Waals surface area contributed by atoms with Gasteiger partial charge in [0.15, 0.2) is 0 Å². The van der Waals surface area contributed by atoms with Crippen LogP contribution in [0.1, 0.15) is 22.7 Å². The number of fused-ring (bicyclic) bond motifs is 1. The highest BCUT2D eigenvalue weighted by Gasteiger charge is 2.30.